The summed E-state index contributed by atoms with van der Waals surface area (Å²) >= 11 is 0. The molecule has 2 aliphatic heterocycles. The van der Waals surface area contributed by atoms with Gasteiger partial charge in [0.15, 0.2) is 11.5 Å². The Morgan fingerprint density at radius 1 is 1.12 bits per heavy atom. The van der Waals surface area contributed by atoms with Crippen LogP contribution in [0.25, 0.3) is 0 Å². The third-order valence-corrected chi connectivity index (χ3v) is 5.76. The van der Waals surface area contributed by atoms with Crippen molar-refractivity contribution in [1.29, 1.82) is 0 Å². The standard InChI is InChI=1S/C17H24N2O5S/c1-13(17(20)18-8-4-3-5-9-18)19(25(2,21)22)14-6-7-15-16(12-14)24-11-10-23-15/h6-7,12-13H,3-5,8-11H2,1-2H3/t13-/m0/s1. The number of carbonyl (C=O) groups excluding carboxylic acids is 1. The number of piperidine rings is 1. The van der Waals surface area contributed by atoms with Gasteiger partial charge in [-0.15, -0.1) is 0 Å². The second kappa shape index (κ2) is 7.11. The summed E-state index contributed by atoms with van der Waals surface area (Å²) in [6.07, 6.45) is 4.14. The number of likely N-dealkylation sites (tertiary alicyclic amines) is 1. The average molecular weight is 368 g/mol. The fourth-order valence-corrected chi connectivity index (χ4v) is 4.51. The summed E-state index contributed by atoms with van der Waals surface area (Å²) in [4.78, 5) is 14.6. The van der Waals surface area contributed by atoms with Crippen molar-refractivity contribution in [3.63, 3.8) is 0 Å². The topological polar surface area (TPSA) is 76.2 Å². The van der Waals surface area contributed by atoms with E-state index in [9.17, 15) is 13.2 Å². The number of nitrogens with zero attached hydrogens (tertiary/aromatic N) is 2. The molecule has 1 atom stereocenters. The van der Waals surface area contributed by atoms with Gasteiger partial charge >= 0.3 is 0 Å². The van der Waals surface area contributed by atoms with Gasteiger partial charge in [0, 0.05) is 19.2 Å². The van der Waals surface area contributed by atoms with Crippen LogP contribution in [0.5, 0.6) is 11.5 Å². The number of hydrogen-bond donors (Lipinski definition) is 0. The monoisotopic (exact) mass is 368 g/mol. The molecule has 2 heterocycles. The molecule has 1 amide bonds. The molecule has 0 radical (unpaired) electrons. The van der Waals surface area contributed by atoms with Gasteiger partial charge in [-0.1, -0.05) is 0 Å². The molecule has 0 aromatic heterocycles. The highest BCUT2D eigenvalue weighted by Gasteiger charge is 2.33. The van der Waals surface area contributed by atoms with Crippen LogP contribution in [-0.2, 0) is 14.8 Å². The van der Waals surface area contributed by atoms with E-state index in [4.69, 9.17) is 9.47 Å². The highest BCUT2D eigenvalue weighted by molar-refractivity contribution is 7.92. The van der Waals surface area contributed by atoms with E-state index in [2.05, 4.69) is 0 Å². The Balaban J connectivity index is 1.91. The number of carbonyl (C=O) groups is 1. The van der Waals surface area contributed by atoms with E-state index < -0.39 is 16.1 Å². The molecule has 3 rings (SSSR count). The van der Waals surface area contributed by atoms with Crippen LogP contribution in [0, 0.1) is 0 Å². The number of sulfonamides is 1. The molecule has 1 aromatic rings. The fourth-order valence-electron chi connectivity index (χ4n) is 3.35. The molecule has 8 heteroatoms. The van der Waals surface area contributed by atoms with Gasteiger partial charge in [-0.25, -0.2) is 8.42 Å². The molecule has 1 aromatic carbocycles. The van der Waals surface area contributed by atoms with Crippen molar-refractivity contribution in [3.05, 3.63) is 18.2 Å². The second-order valence-corrected chi connectivity index (χ2v) is 8.31. The molecule has 0 saturated carbocycles. The minimum absolute atomic E-state index is 0.167. The molecule has 0 aliphatic carbocycles. The molecule has 1 saturated heterocycles. The highest BCUT2D eigenvalue weighted by Crippen LogP contribution is 2.35. The summed E-state index contributed by atoms with van der Waals surface area (Å²) < 4.78 is 37.0. The Kier molecular flexibility index (Phi) is 5.08. The highest BCUT2D eigenvalue weighted by atomic mass is 32.2. The predicted molar refractivity (Wildman–Crippen MR) is 94.6 cm³/mol. The van der Waals surface area contributed by atoms with Crippen molar-refractivity contribution < 1.29 is 22.7 Å². The van der Waals surface area contributed by atoms with Gasteiger partial charge in [-0.2, -0.15) is 0 Å². The average Bonchev–Trinajstić information content (AvgIpc) is 2.60. The Morgan fingerprint density at radius 2 is 1.76 bits per heavy atom. The summed E-state index contributed by atoms with van der Waals surface area (Å²) in [5.74, 6) is 0.911. The van der Waals surface area contributed by atoms with Crippen molar-refractivity contribution in [2.45, 2.75) is 32.2 Å². The molecule has 25 heavy (non-hydrogen) atoms. The van der Waals surface area contributed by atoms with Gasteiger partial charge in [-0.3, -0.25) is 9.10 Å². The lowest BCUT2D eigenvalue weighted by atomic mass is 10.1. The van der Waals surface area contributed by atoms with Gasteiger partial charge in [-0.05, 0) is 38.3 Å². The fraction of sp³-hybridized carbons (Fsp3) is 0.588. The molecule has 7 nitrogen and oxygen atoms in total. The maximum atomic E-state index is 12.8. The lowest BCUT2D eigenvalue weighted by Crippen LogP contribution is -2.50. The van der Waals surface area contributed by atoms with E-state index in [1.54, 1.807) is 30.0 Å². The van der Waals surface area contributed by atoms with E-state index in [1.165, 1.54) is 4.31 Å². The largest absolute Gasteiger partial charge is 0.486 e. The normalized spacial score (nSPS) is 18.6. The predicted octanol–water partition coefficient (Wildman–Crippen LogP) is 1.62. The smallest absolute Gasteiger partial charge is 0.246 e. The maximum Gasteiger partial charge on any atom is 0.246 e. The number of benzene rings is 1. The van der Waals surface area contributed by atoms with E-state index in [1.807, 2.05) is 0 Å². The van der Waals surface area contributed by atoms with Crippen molar-refractivity contribution in [2.75, 3.05) is 36.9 Å². The lowest BCUT2D eigenvalue weighted by Gasteiger charge is -2.34. The SMILES string of the molecule is C[C@@H](C(=O)N1CCCCC1)N(c1ccc2c(c1)OCCO2)S(C)(=O)=O. The number of amides is 1. The van der Waals surface area contributed by atoms with E-state index >= 15 is 0 Å². The zero-order chi connectivity index (χ0) is 18.0. The van der Waals surface area contributed by atoms with Crippen molar-refractivity contribution in [1.82, 2.24) is 4.90 Å². The number of rotatable bonds is 4. The van der Waals surface area contributed by atoms with Crippen LogP contribution in [0.3, 0.4) is 0 Å². The first kappa shape index (κ1) is 17.8. The van der Waals surface area contributed by atoms with Crippen molar-refractivity contribution in [2.24, 2.45) is 0 Å². The Morgan fingerprint density at radius 3 is 2.40 bits per heavy atom. The minimum atomic E-state index is -3.64. The first-order chi connectivity index (χ1) is 11.9. The Labute approximate surface area is 148 Å². The first-order valence-electron chi connectivity index (χ1n) is 8.56. The van der Waals surface area contributed by atoms with Crippen LogP contribution in [-0.4, -0.2) is 57.8 Å². The van der Waals surface area contributed by atoms with Gasteiger partial charge in [0.05, 0.1) is 11.9 Å². The number of fused-ring (bicyclic) bond motifs is 1. The quantitative estimate of drug-likeness (QED) is 0.807. The molecule has 1 fully saturated rings. The molecular formula is C17H24N2O5S. The summed E-state index contributed by atoms with van der Waals surface area (Å²) in [5, 5.41) is 0. The van der Waals surface area contributed by atoms with Crippen LogP contribution in [0.1, 0.15) is 26.2 Å². The van der Waals surface area contributed by atoms with Crippen molar-refractivity contribution >= 4 is 21.6 Å². The van der Waals surface area contributed by atoms with Crippen LogP contribution >= 0.6 is 0 Å². The van der Waals surface area contributed by atoms with Gasteiger partial charge in [0.25, 0.3) is 0 Å². The molecule has 2 aliphatic rings. The zero-order valence-corrected chi connectivity index (χ0v) is 15.4. The van der Waals surface area contributed by atoms with Crippen LogP contribution < -0.4 is 13.8 Å². The third-order valence-electron chi connectivity index (χ3n) is 4.51. The second-order valence-electron chi connectivity index (χ2n) is 6.45. The molecule has 0 bridgehead atoms. The Hall–Kier alpha value is -1.96. The first-order valence-corrected chi connectivity index (χ1v) is 10.4. The van der Waals surface area contributed by atoms with Gasteiger partial charge in [0.2, 0.25) is 15.9 Å². The number of anilines is 1. The van der Waals surface area contributed by atoms with Gasteiger partial charge in [0.1, 0.15) is 19.3 Å². The number of hydrogen-bond acceptors (Lipinski definition) is 5. The van der Waals surface area contributed by atoms with Crippen molar-refractivity contribution in [3.8, 4) is 11.5 Å². The van der Waals surface area contributed by atoms with E-state index in [-0.39, 0.29) is 5.91 Å². The van der Waals surface area contributed by atoms with E-state index in [0.29, 0.717) is 43.5 Å². The summed E-state index contributed by atoms with van der Waals surface area (Å²) in [5.41, 5.74) is 0.407. The number of ether oxygens (including phenoxy) is 2. The summed E-state index contributed by atoms with van der Waals surface area (Å²) in [6, 6.07) is 4.14. The summed E-state index contributed by atoms with van der Waals surface area (Å²) in [6.45, 7) is 3.88. The van der Waals surface area contributed by atoms with E-state index in [0.717, 1.165) is 25.5 Å². The third kappa shape index (κ3) is 3.84. The van der Waals surface area contributed by atoms with Crippen LogP contribution in [0.4, 0.5) is 5.69 Å². The molecule has 138 valence electrons. The maximum absolute atomic E-state index is 12.8. The molecular weight excluding hydrogens is 344 g/mol. The Bertz CT molecular complexity index is 743. The zero-order valence-electron chi connectivity index (χ0n) is 14.6. The molecule has 0 unspecified atom stereocenters. The van der Waals surface area contributed by atoms with Crippen LogP contribution in [0.15, 0.2) is 18.2 Å². The summed E-state index contributed by atoms with van der Waals surface area (Å²) in [7, 11) is -3.64. The molecule has 0 N–H and O–H groups in total. The molecule has 0 spiro atoms. The van der Waals surface area contributed by atoms with Gasteiger partial charge < -0.3 is 14.4 Å². The minimum Gasteiger partial charge on any atom is -0.486 e. The van der Waals surface area contributed by atoms with Crippen LogP contribution in [0.2, 0.25) is 0 Å². The lowest BCUT2D eigenvalue weighted by molar-refractivity contribution is -0.132.